The zero-order chi connectivity index (χ0) is 20.6. The van der Waals surface area contributed by atoms with E-state index in [0.717, 1.165) is 17.7 Å². The van der Waals surface area contributed by atoms with Crippen LogP contribution in [0.4, 0.5) is 0 Å². The number of aromatic nitrogens is 2. The summed E-state index contributed by atoms with van der Waals surface area (Å²) in [6.45, 7) is 1.30. The van der Waals surface area contributed by atoms with Gasteiger partial charge < -0.3 is 5.32 Å². The van der Waals surface area contributed by atoms with Crippen LogP contribution in [-0.4, -0.2) is 10.5 Å². The van der Waals surface area contributed by atoms with Crippen LogP contribution >= 0.6 is 0 Å². The summed E-state index contributed by atoms with van der Waals surface area (Å²) in [5.41, 5.74) is 3.46. The molecule has 1 amide bonds. The molecule has 0 fully saturated rings. The van der Waals surface area contributed by atoms with E-state index in [2.05, 4.69) is 34.1 Å². The van der Waals surface area contributed by atoms with Crippen LogP contribution in [0.2, 0.25) is 0 Å². The van der Waals surface area contributed by atoms with Crippen molar-refractivity contribution in [2.45, 2.75) is 25.6 Å². The number of imidazole rings is 1. The van der Waals surface area contributed by atoms with Crippen molar-refractivity contribution >= 4 is 5.91 Å². The molecule has 4 aromatic rings. The summed E-state index contributed by atoms with van der Waals surface area (Å²) in [4.78, 5) is 13.1. The second-order valence-corrected chi connectivity index (χ2v) is 7.43. The maximum absolute atomic E-state index is 13.1. The van der Waals surface area contributed by atoms with Gasteiger partial charge in [-0.15, -0.1) is 0 Å². The minimum atomic E-state index is -0.312. The molecule has 0 aliphatic heterocycles. The summed E-state index contributed by atoms with van der Waals surface area (Å²) in [6, 6.07) is 30.2. The summed E-state index contributed by atoms with van der Waals surface area (Å²) in [6.07, 6.45) is 6.66. The Labute approximate surface area is 177 Å². The average molecular weight is 397 g/mol. The zero-order valence-electron chi connectivity index (χ0n) is 16.9. The highest BCUT2D eigenvalue weighted by Crippen LogP contribution is 2.15. The lowest BCUT2D eigenvalue weighted by Crippen LogP contribution is -2.35. The maximum Gasteiger partial charge on any atom is 0.266 e. The molecule has 0 saturated heterocycles. The Hall–Kier alpha value is -3.66. The predicted octanol–water partition coefficient (Wildman–Crippen LogP) is 3.92. The Morgan fingerprint density at radius 3 is 2.00 bits per heavy atom. The molecule has 30 heavy (non-hydrogen) atoms. The topological polar surface area (TPSA) is 37.9 Å². The van der Waals surface area contributed by atoms with E-state index >= 15 is 0 Å². The molecule has 0 spiro atoms. The number of hydrogen-bond donors (Lipinski definition) is 1. The zero-order valence-corrected chi connectivity index (χ0v) is 16.9. The van der Waals surface area contributed by atoms with Gasteiger partial charge in [0.1, 0.15) is 18.9 Å². The van der Waals surface area contributed by atoms with E-state index in [1.165, 1.54) is 5.56 Å². The van der Waals surface area contributed by atoms with Crippen molar-refractivity contribution in [1.29, 1.82) is 0 Å². The highest BCUT2D eigenvalue weighted by molar-refractivity contribution is 5.80. The van der Waals surface area contributed by atoms with E-state index in [4.69, 9.17) is 0 Å². The van der Waals surface area contributed by atoms with E-state index in [0.29, 0.717) is 13.0 Å². The average Bonchev–Trinajstić information content (AvgIpc) is 3.26. The molecule has 1 atom stereocenters. The van der Waals surface area contributed by atoms with E-state index < -0.39 is 0 Å². The fraction of sp³-hybridized carbons (Fsp3) is 0.154. The van der Waals surface area contributed by atoms with Gasteiger partial charge in [0.2, 0.25) is 6.33 Å². The van der Waals surface area contributed by atoms with Crippen LogP contribution in [-0.2, 0) is 24.3 Å². The van der Waals surface area contributed by atoms with Crippen LogP contribution in [0, 0.1) is 0 Å². The highest BCUT2D eigenvalue weighted by atomic mass is 16.2. The van der Waals surface area contributed by atoms with Crippen LogP contribution < -0.4 is 9.88 Å². The van der Waals surface area contributed by atoms with Gasteiger partial charge in [0, 0.05) is 13.0 Å². The molecule has 3 aromatic carbocycles. The third kappa shape index (κ3) is 5.23. The van der Waals surface area contributed by atoms with Crippen LogP contribution in [0.15, 0.2) is 110 Å². The molecule has 1 aromatic heterocycles. The maximum atomic E-state index is 13.1. The monoisotopic (exact) mass is 396 g/mol. The van der Waals surface area contributed by atoms with Crippen LogP contribution in [0.1, 0.15) is 22.7 Å². The summed E-state index contributed by atoms with van der Waals surface area (Å²) in [5, 5.41) is 3.11. The second-order valence-electron chi connectivity index (χ2n) is 7.43. The van der Waals surface area contributed by atoms with Gasteiger partial charge in [0.05, 0.1) is 0 Å². The van der Waals surface area contributed by atoms with Gasteiger partial charge in [-0.25, -0.2) is 9.13 Å². The van der Waals surface area contributed by atoms with Crippen molar-refractivity contribution in [2.75, 3.05) is 0 Å². The second kappa shape index (κ2) is 9.70. The Morgan fingerprint density at radius 2 is 1.37 bits per heavy atom. The summed E-state index contributed by atoms with van der Waals surface area (Å²) in [7, 11) is 0. The minimum Gasteiger partial charge on any atom is -0.348 e. The van der Waals surface area contributed by atoms with Crippen molar-refractivity contribution in [3.05, 3.63) is 126 Å². The number of hydrogen-bond acceptors (Lipinski definition) is 1. The van der Waals surface area contributed by atoms with Crippen LogP contribution in [0.25, 0.3) is 0 Å². The van der Waals surface area contributed by atoms with Crippen LogP contribution in [0.3, 0.4) is 0 Å². The lowest BCUT2D eigenvalue weighted by Gasteiger charge is -2.14. The summed E-state index contributed by atoms with van der Waals surface area (Å²) >= 11 is 0. The molecule has 0 aliphatic carbocycles. The molecule has 4 heteroatoms. The van der Waals surface area contributed by atoms with E-state index in [9.17, 15) is 4.79 Å². The number of nitrogens with one attached hydrogen (secondary N) is 1. The molecule has 0 bridgehead atoms. The number of amides is 1. The molecular formula is C26H26N3O+. The molecule has 0 saturated carbocycles. The van der Waals surface area contributed by atoms with Gasteiger partial charge in [-0.05, 0) is 16.7 Å². The van der Waals surface area contributed by atoms with Gasteiger partial charge in [0.15, 0.2) is 6.04 Å². The first-order valence-electron chi connectivity index (χ1n) is 10.2. The predicted molar refractivity (Wildman–Crippen MR) is 118 cm³/mol. The molecule has 150 valence electrons. The molecule has 4 nitrogen and oxygen atoms in total. The highest BCUT2D eigenvalue weighted by Gasteiger charge is 2.25. The van der Waals surface area contributed by atoms with Gasteiger partial charge in [-0.3, -0.25) is 4.79 Å². The number of carbonyl (C=O) groups excluding carboxylic acids is 1. The largest absolute Gasteiger partial charge is 0.348 e. The standard InChI is InChI=1S/C26H25N3O/c30-26(27-19-23-12-6-2-7-13-23)25(18-22-10-4-1-5-11-22)29-17-16-28(21-29)20-24-14-8-3-9-15-24/h1-17,21,25H,18-20H2/p+1/t25-/m0/s1. The molecular weight excluding hydrogens is 370 g/mol. The molecule has 1 N–H and O–H groups in total. The van der Waals surface area contributed by atoms with E-state index in [-0.39, 0.29) is 11.9 Å². The van der Waals surface area contributed by atoms with Crippen molar-refractivity contribution in [3.8, 4) is 0 Å². The molecule has 4 rings (SSSR count). The Morgan fingerprint density at radius 1 is 0.800 bits per heavy atom. The summed E-state index contributed by atoms with van der Waals surface area (Å²) < 4.78 is 4.12. The quantitative estimate of drug-likeness (QED) is 0.450. The van der Waals surface area contributed by atoms with Crippen molar-refractivity contribution in [3.63, 3.8) is 0 Å². The van der Waals surface area contributed by atoms with Crippen LogP contribution in [0.5, 0.6) is 0 Å². The first-order valence-corrected chi connectivity index (χ1v) is 10.2. The first-order chi connectivity index (χ1) is 14.8. The number of rotatable bonds is 8. The Balaban J connectivity index is 1.51. The van der Waals surface area contributed by atoms with Crippen molar-refractivity contribution in [1.82, 2.24) is 9.88 Å². The van der Waals surface area contributed by atoms with E-state index in [1.54, 1.807) is 0 Å². The molecule has 1 heterocycles. The first kappa shape index (κ1) is 19.6. The van der Waals surface area contributed by atoms with Gasteiger partial charge in [0.25, 0.3) is 5.91 Å². The van der Waals surface area contributed by atoms with Crippen molar-refractivity contribution < 1.29 is 9.36 Å². The normalized spacial score (nSPS) is 11.7. The number of benzene rings is 3. The third-order valence-electron chi connectivity index (χ3n) is 5.16. The lowest BCUT2D eigenvalue weighted by molar-refractivity contribution is -0.687. The SMILES string of the molecule is O=C(NCc1ccccc1)[C@H](Cc1ccccc1)n1cc[n+](Cc2ccccc2)c1. The molecule has 0 aliphatic rings. The van der Waals surface area contributed by atoms with Gasteiger partial charge in [-0.2, -0.15) is 0 Å². The Bertz CT molecular complexity index is 1060. The lowest BCUT2D eigenvalue weighted by atomic mass is 10.0. The summed E-state index contributed by atoms with van der Waals surface area (Å²) in [5.74, 6) is 0.0187. The Kier molecular flexibility index (Phi) is 6.35. The van der Waals surface area contributed by atoms with E-state index in [1.807, 2.05) is 90.0 Å². The number of carbonyl (C=O) groups is 1. The fourth-order valence-corrected chi connectivity index (χ4v) is 3.56. The van der Waals surface area contributed by atoms with Gasteiger partial charge in [-0.1, -0.05) is 91.0 Å². The molecule has 0 unspecified atom stereocenters. The van der Waals surface area contributed by atoms with Crippen molar-refractivity contribution in [2.24, 2.45) is 0 Å². The molecule has 0 radical (unpaired) electrons. The minimum absolute atomic E-state index is 0.0187. The third-order valence-corrected chi connectivity index (χ3v) is 5.16. The number of nitrogens with zero attached hydrogens (tertiary/aromatic N) is 2. The van der Waals surface area contributed by atoms with Gasteiger partial charge >= 0.3 is 0 Å². The fourth-order valence-electron chi connectivity index (χ4n) is 3.56. The smallest absolute Gasteiger partial charge is 0.266 e.